The number of amides is 2. The van der Waals surface area contributed by atoms with Crippen LogP contribution < -0.4 is 16.0 Å². The van der Waals surface area contributed by atoms with Crippen LogP contribution in [-0.4, -0.2) is 23.9 Å². The zero-order valence-electron chi connectivity index (χ0n) is 12.2. The molecule has 0 aromatic heterocycles. The van der Waals surface area contributed by atoms with Gasteiger partial charge in [0.1, 0.15) is 0 Å². The number of hydrogen-bond donors (Lipinski definition) is 2. The predicted octanol–water partition coefficient (Wildman–Crippen LogP) is 1.66. The second-order valence-electron chi connectivity index (χ2n) is 5.49. The number of fused-ring (bicyclic) bond motifs is 1. The van der Waals surface area contributed by atoms with Crippen LogP contribution in [0.2, 0.25) is 0 Å². The Morgan fingerprint density at radius 1 is 1.45 bits per heavy atom. The highest BCUT2D eigenvalue weighted by Gasteiger charge is 2.27. The Kier molecular flexibility index (Phi) is 3.81. The predicted molar refractivity (Wildman–Crippen MR) is 79.7 cm³/mol. The minimum absolute atomic E-state index is 0.0426. The third-order valence-corrected chi connectivity index (χ3v) is 3.87. The van der Waals surface area contributed by atoms with Crippen molar-refractivity contribution >= 4 is 23.2 Å². The van der Waals surface area contributed by atoms with Crippen molar-refractivity contribution in [3.05, 3.63) is 23.8 Å². The first-order chi connectivity index (χ1) is 9.35. The largest absolute Gasteiger partial charge is 0.324 e. The molecular formula is C15H21N3O2. The second kappa shape index (κ2) is 5.25. The monoisotopic (exact) mass is 275 g/mol. The van der Waals surface area contributed by atoms with E-state index in [1.807, 2.05) is 25.1 Å². The number of anilines is 2. The van der Waals surface area contributed by atoms with Gasteiger partial charge in [0.25, 0.3) is 0 Å². The molecule has 1 aliphatic heterocycles. The summed E-state index contributed by atoms with van der Waals surface area (Å²) >= 11 is 0. The van der Waals surface area contributed by atoms with Crippen LogP contribution in [0.5, 0.6) is 0 Å². The summed E-state index contributed by atoms with van der Waals surface area (Å²) in [4.78, 5) is 25.3. The lowest BCUT2D eigenvalue weighted by atomic mass is 9.99. The van der Waals surface area contributed by atoms with Crippen molar-refractivity contribution in [1.29, 1.82) is 0 Å². The van der Waals surface area contributed by atoms with E-state index in [9.17, 15) is 9.59 Å². The molecule has 0 saturated heterocycles. The summed E-state index contributed by atoms with van der Waals surface area (Å²) in [6.07, 6.45) is 1.38. The SMILES string of the molecule is CCC(C)(N)C(=O)Nc1ccc2c(c1)CCN2C(C)=O. The number of carbonyl (C=O) groups excluding carboxylic acids is 2. The van der Waals surface area contributed by atoms with Gasteiger partial charge in [0.2, 0.25) is 11.8 Å². The van der Waals surface area contributed by atoms with Gasteiger partial charge in [0.15, 0.2) is 0 Å². The molecule has 0 aliphatic carbocycles. The number of nitrogens with zero attached hydrogens (tertiary/aromatic N) is 1. The minimum atomic E-state index is -0.871. The molecule has 5 heteroatoms. The molecule has 1 aromatic rings. The normalized spacial score (nSPS) is 16.5. The van der Waals surface area contributed by atoms with E-state index in [1.54, 1.807) is 18.7 Å². The van der Waals surface area contributed by atoms with Crippen molar-refractivity contribution in [3.8, 4) is 0 Å². The van der Waals surface area contributed by atoms with Crippen molar-refractivity contribution < 1.29 is 9.59 Å². The molecule has 1 aromatic carbocycles. The lowest BCUT2D eigenvalue weighted by Gasteiger charge is -2.22. The highest BCUT2D eigenvalue weighted by atomic mass is 16.2. The molecule has 1 unspecified atom stereocenters. The first kappa shape index (κ1) is 14.5. The van der Waals surface area contributed by atoms with Crippen molar-refractivity contribution in [2.45, 2.75) is 39.2 Å². The average molecular weight is 275 g/mol. The van der Waals surface area contributed by atoms with Gasteiger partial charge in [-0.3, -0.25) is 9.59 Å². The summed E-state index contributed by atoms with van der Waals surface area (Å²) in [5, 5.41) is 2.84. The maximum atomic E-state index is 12.0. The fourth-order valence-corrected chi connectivity index (χ4v) is 2.24. The van der Waals surface area contributed by atoms with Crippen LogP contribution in [-0.2, 0) is 16.0 Å². The lowest BCUT2D eigenvalue weighted by molar-refractivity contribution is -0.120. The molecule has 108 valence electrons. The number of nitrogens with two attached hydrogens (primary N) is 1. The van der Waals surface area contributed by atoms with Gasteiger partial charge < -0.3 is 16.0 Å². The third-order valence-electron chi connectivity index (χ3n) is 3.87. The van der Waals surface area contributed by atoms with E-state index in [-0.39, 0.29) is 11.8 Å². The summed E-state index contributed by atoms with van der Waals surface area (Å²) in [6, 6.07) is 5.60. The Hall–Kier alpha value is -1.88. The van der Waals surface area contributed by atoms with Gasteiger partial charge in [0.05, 0.1) is 5.54 Å². The molecule has 5 nitrogen and oxygen atoms in total. The first-order valence-corrected chi connectivity index (χ1v) is 6.86. The minimum Gasteiger partial charge on any atom is -0.324 e. The molecule has 1 atom stereocenters. The van der Waals surface area contributed by atoms with Crippen LogP contribution >= 0.6 is 0 Å². The van der Waals surface area contributed by atoms with E-state index in [0.29, 0.717) is 13.0 Å². The maximum Gasteiger partial charge on any atom is 0.244 e. The number of rotatable bonds is 3. The quantitative estimate of drug-likeness (QED) is 0.881. The fraction of sp³-hybridized carbons (Fsp3) is 0.467. The van der Waals surface area contributed by atoms with Crippen molar-refractivity contribution in [2.24, 2.45) is 5.73 Å². The number of nitrogens with one attached hydrogen (secondary N) is 1. The van der Waals surface area contributed by atoms with Crippen LogP contribution in [0.15, 0.2) is 18.2 Å². The number of carbonyl (C=O) groups is 2. The number of benzene rings is 1. The van der Waals surface area contributed by atoms with Gasteiger partial charge in [-0.25, -0.2) is 0 Å². The van der Waals surface area contributed by atoms with Gasteiger partial charge in [-0.05, 0) is 43.5 Å². The van der Waals surface area contributed by atoms with Crippen LogP contribution in [0, 0.1) is 0 Å². The van der Waals surface area contributed by atoms with E-state index in [0.717, 1.165) is 23.4 Å². The molecule has 0 fully saturated rings. The molecule has 0 spiro atoms. The van der Waals surface area contributed by atoms with Gasteiger partial charge in [-0.15, -0.1) is 0 Å². The van der Waals surface area contributed by atoms with Crippen LogP contribution in [0.25, 0.3) is 0 Å². The second-order valence-corrected chi connectivity index (χ2v) is 5.49. The Bertz CT molecular complexity index is 552. The fourth-order valence-electron chi connectivity index (χ4n) is 2.24. The molecule has 3 N–H and O–H groups in total. The summed E-state index contributed by atoms with van der Waals surface area (Å²) < 4.78 is 0. The van der Waals surface area contributed by atoms with Crippen LogP contribution in [0.4, 0.5) is 11.4 Å². The maximum absolute atomic E-state index is 12.0. The zero-order chi connectivity index (χ0) is 14.9. The molecule has 1 aliphatic rings. The van der Waals surface area contributed by atoms with E-state index in [4.69, 9.17) is 5.73 Å². The molecule has 0 saturated carbocycles. The van der Waals surface area contributed by atoms with Crippen molar-refractivity contribution in [2.75, 3.05) is 16.8 Å². The Labute approximate surface area is 119 Å². The standard InChI is InChI=1S/C15H21N3O2/c1-4-15(3,16)14(20)17-12-5-6-13-11(9-12)7-8-18(13)10(2)19/h5-6,9H,4,7-8,16H2,1-3H3,(H,17,20). The number of hydrogen-bond acceptors (Lipinski definition) is 3. The summed E-state index contributed by atoms with van der Waals surface area (Å²) in [5.41, 5.74) is 7.78. The molecule has 1 heterocycles. The van der Waals surface area contributed by atoms with Crippen LogP contribution in [0.3, 0.4) is 0 Å². The average Bonchev–Trinajstić information content (AvgIpc) is 2.81. The molecule has 0 bridgehead atoms. The van der Waals surface area contributed by atoms with Crippen LogP contribution in [0.1, 0.15) is 32.8 Å². The van der Waals surface area contributed by atoms with E-state index in [1.165, 1.54) is 0 Å². The smallest absolute Gasteiger partial charge is 0.244 e. The summed E-state index contributed by atoms with van der Waals surface area (Å²) in [7, 11) is 0. The molecule has 2 amide bonds. The molecule has 0 radical (unpaired) electrons. The molecule has 2 rings (SSSR count). The highest BCUT2D eigenvalue weighted by molar-refractivity contribution is 5.99. The van der Waals surface area contributed by atoms with E-state index in [2.05, 4.69) is 5.32 Å². The summed E-state index contributed by atoms with van der Waals surface area (Å²) in [6.45, 7) is 5.86. The van der Waals surface area contributed by atoms with Crippen molar-refractivity contribution in [3.63, 3.8) is 0 Å². The summed E-state index contributed by atoms with van der Waals surface area (Å²) in [5.74, 6) is -0.151. The lowest BCUT2D eigenvalue weighted by Crippen LogP contribution is -2.47. The Balaban J connectivity index is 2.18. The third kappa shape index (κ3) is 2.67. The van der Waals surface area contributed by atoms with Gasteiger partial charge in [-0.2, -0.15) is 0 Å². The molecule has 20 heavy (non-hydrogen) atoms. The topological polar surface area (TPSA) is 75.4 Å². The van der Waals surface area contributed by atoms with Gasteiger partial charge in [-0.1, -0.05) is 6.92 Å². The van der Waals surface area contributed by atoms with Crippen molar-refractivity contribution in [1.82, 2.24) is 0 Å². The van der Waals surface area contributed by atoms with E-state index < -0.39 is 5.54 Å². The first-order valence-electron chi connectivity index (χ1n) is 6.86. The highest BCUT2D eigenvalue weighted by Crippen LogP contribution is 2.30. The Morgan fingerprint density at radius 2 is 2.15 bits per heavy atom. The molecular weight excluding hydrogens is 254 g/mol. The Morgan fingerprint density at radius 3 is 2.75 bits per heavy atom. The van der Waals surface area contributed by atoms with E-state index >= 15 is 0 Å². The zero-order valence-corrected chi connectivity index (χ0v) is 12.2. The van der Waals surface area contributed by atoms with Gasteiger partial charge in [0, 0.05) is 24.8 Å². The van der Waals surface area contributed by atoms with Gasteiger partial charge >= 0.3 is 0 Å².